The lowest BCUT2D eigenvalue weighted by molar-refractivity contribution is -0.139. The van der Waals surface area contributed by atoms with Gasteiger partial charge in [0.1, 0.15) is 6.04 Å². The molecule has 0 heterocycles. The molecule has 0 radical (unpaired) electrons. The Labute approximate surface area is 208 Å². The molecule has 36 heavy (non-hydrogen) atoms. The predicted molar refractivity (Wildman–Crippen MR) is 126 cm³/mol. The van der Waals surface area contributed by atoms with Crippen molar-refractivity contribution in [1.29, 1.82) is 0 Å². The van der Waals surface area contributed by atoms with Crippen LogP contribution in [0.5, 0.6) is 11.5 Å². The molecule has 0 bridgehead atoms. The van der Waals surface area contributed by atoms with Gasteiger partial charge < -0.3 is 34.5 Å². The number of aliphatic carboxylic acids is 1. The quantitative estimate of drug-likeness (QED) is 0.261. The first-order valence-electron chi connectivity index (χ1n) is 11.2. The highest BCUT2D eigenvalue weighted by molar-refractivity contribution is 5.89. The first-order valence-corrected chi connectivity index (χ1v) is 11.2. The van der Waals surface area contributed by atoms with Gasteiger partial charge in [0.15, 0.2) is 11.5 Å². The van der Waals surface area contributed by atoms with Gasteiger partial charge in [-0.05, 0) is 49.6 Å². The highest BCUT2D eigenvalue weighted by atomic mass is 16.7. The summed E-state index contributed by atoms with van der Waals surface area (Å²) >= 11 is 0. The van der Waals surface area contributed by atoms with Gasteiger partial charge in [-0.3, -0.25) is 4.79 Å². The molecule has 0 aliphatic heterocycles. The number of hydrogen-bond acceptors (Lipinski definition) is 10. The third-order valence-corrected chi connectivity index (χ3v) is 5.04. The zero-order chi connectivity index (χ0) is 26.7. The summed E-state index contributed by atoms with van der Waals surface area (Å²) in [7, 11) is 0. The number of carbonyl (C=O) groups excluding carboxylic acids is 3. The van der Waals surface area contributed by atoms with E-state index in [1.807, 2.05) is 0 Å². The summed E-state index contributed by atoms with van der Waals surface area (Å²) < 4.78 is 25.2. The average molecular weight is 504 g/mol. The van der Waals surface area contributed by atoms with Gasteiger partial charge in [0.2, 0.25) is 0 Å². The number of hydrogen-bond donors (Lipinski definition) is 2. The minimum atomic E-state index is -1.40. The number of carboxylic acids is 1. The molecule has 0 spiro atoms. The Kier molecular flexibility index (Phi) is 10.7. The molecule has 0 amide bonds. The SMILES string of the molecule is CCOC(=O)Oc1ccc(C(C(C)COC(=O)c2ccccc2)[C@@H](N)C(=O)O)cc1OC(=O)OCC. The van der Waals surface area contributed by atoms with E-state index < -0.39 is 42.1 Å². The number of nitrogens with two attached hydrogens (primary N) is 1. The summed E-state index contributed by atoms with van der Waals surface area (Å²) in [6, 6.07) is 11.0. The third-order valence-electron chi connectivity index (χ3n) is 5.04. The number of ether oxygens (including phenoxy) is 5. The Bertz CT molecular complexity index is 1060. The van der Waals surface area contributed by atoms with Gasteiger partial charge in [0, 0.05) is 5.92 Å². The molecule has 0 aromatic heterocycles. The standard InChI is InChI=1S/C25H29NO10/c1-4-32-24(30)35-18-12-11-17(13-19(18)36-25(31)33-5-2)20(21(26)22(27)28)15(3)14-34-23(29)16-9-7-6-8-10-16/h6-13,15,20-21H,4-5,14,26H2,1-3H3,(H,27,28)/t15?,20?,21-/m1/s1. The summed E-state index contributed by atoms with van der Waals surface area (Å²) in [6.07, 6.45) is -2.09. The van der Waals surface area contributed by atoms with E-state index >= 15 is 0 Å². The van der Waals surface area contributed by atoms with Gasteiger partial charge in [-0.15, -0.1) is 0 Å². The van der Waals surface area contributed by atoms with Crippen molar-refractivity contribution in [3.8, 4) is 11.5 Å². The summed E-state index contributed by atoms with van der Waals surface area (Å²) in [5, 5.41) is 9.61. The van der Waals surface area contributed by atoms with Gasteiger partial charge in [-0.1, -0.05) is 31.2 Å². The normalized spacial score (nSPS) is 13.0. The number of carbonyl (C=O) groups is 4. The van der Waals surface area contributed by atoms with Crippen molar-refractivity contribution in [1.82, 2.24) is 0 Å². The van der Waals surface area contributed by atoms with E-state index in [4.69, 9.17) is 29.4 Å². The molecule has 11 nitrogen and oxygen atoms in total. The second kappa shape index (κ2) is 13.7. The molecule has 0 saturated heterocycles. The van der Waals surface area contributed by atoms with Crippen molar-refractivity contribution < 1.29 is 48.0 Å². The van der Waals surface area contributed by atoms with E-state index in [1.165, 1.54) is 18.2 Å². The van der Waals surface area contributed by atoms with Crippen molar-refractivity contribution in [3.05, 3.63) is 59.7 Å². The van der Waals surface area contributed by atoms with Crippen LogP contribution in [-0.2, 0) is 19.0 Å². The number of esters is 1. The molecule has 2 rings (SSSR count). The van der Waals surface area contributed by atoms with Crippen LogP contribution in [0.15, 0.2) is 48.5 Å². The Morgan fingerprint density at radius 3 is 2.00 bits per heavy atom. The van der Waals surface area contributed by atoms with E-state index in [1.54, 1.807) is 51.1 Å². The molecular weight excluding hydrogens is 474 g/mol. The van der Waals surface area contributed by atoms with Crippen LogP contribution in [0.4, 0.5) is 9.59 Å². The monoisotopic (exact) mass is 503 g/mol. The first kappa shape index (κ1) is 28.1. The third kappa shape index (κ3) is 7.98. The molecule has 2 unspecified atom stereocenters. The molecule has 194 valence electrons. The second-order valence-electron chi connectivity index (χ2n) is 7.61. The molecule has 11 heteroatoms. The molecule has 3 atom stereocenters. The van der Waals surface area contributed by atoms with Gasteiger partial charge in [-0.25, -0.2) is 14.4 Å². The van der Waals surface area contributed by atoms with Crippen LogP contribution >= 0.6 is 0 Å². The van der Waals surface area contributed by atoms with Crippen LogP contribution in [0.1, 0.15) is 42.6 Å². The lowest BCUT2D eigenvalue weighted by atomic mass is 9.82. The van der Waals surface area contributed by atoms with E-state index in [2.05, 4.69) is 0 Å². The minimum absolute atomic E-state index is 0.0307. The van der Waals surface area contributed by atoms with Crippen molar-refractivity contribution in [2.75, 3.05) is 19.8 Å². The van der Waals surface area contributed by atoms with Gasteiger partial charge in [-0.2, -0.15) is 0 Å². The molecule has 3 N–H and O–H groups in total. The molecule has 0 fully saturated rings. The maximum absolute atomic E-state index is 12.3. The van der Waals surface area contributed by atoms with Crippen LogP contribution in [0.25, 0.3) is 0 Å². The van der Waals surface area contributed by atoms with Crippen LogP contribution in [0.2, 0.25) is 0 Å². The molecular formula is C25H29NO10. The maximum Gasteiger partial charge on any atom is 0.513 e. The fourth-order valence-corrected chi connectivity index (χ4v) is 3.38. The number of rotatable bonds is 11. The van der Waals surface area contributed by atoms with Crippen LogP contribution in [0, 0.1) is 5.92 Å². The molecule has 0 saturated carbocycles. The molecule has 0 aliphatic rings. The topological polar surface area (TPSA) is 161 Å². The first-order chi connectivity index (χ1) is 17.2. The summed E-state index contributed by atoms with van der Waals surface area (Å²) in [6.45, 7) is 4.77. The molecule has 2 aromatic carbocycles. The molecule has 2 aromatic rings. The van der Waals surface area contributed by atoms with Crippen molar-refractivity contribution in [2.45, 2.75) is 32.7 Å². The smallest absolute Gasteiger partial charge is 0.480 e. The Balaban J connectivity index is 2.35. The van der Waals surface area contributed by atoms with Crippen molar-refractivity contribution >= 4 is 24.2 Å². The van der Waals surface area contributed by atoms with Gasteiger partial charge >= 0.3 is 24.2 Å². The van der Waals surface area contributed by atoms with Gasteiger partial charge in [0.05, 0.1) is 25.4 Å². The van der Waals surface area contributed by atoms with Crippen molar-refractivity contribution in [3.63, 3.8) is 0 Å². The zero-order valence-electron chi connectivity index (χ0n) is 20.2. The largest absolute Gasteiger partial charge is 0.513 e. The number of benzene rings is 2. The Hall–Kier alpha value is -4.12. The minimum Gasteiger partial charge on any atom is -0.480 e. The second-order valence-corrected chi connectivity index (χ2v) is 7.61. The lowest BCUT2D eigenvalue weighted by Gasteiger charge is -2.28. The van der Waals surface area contributed by atoms with E-state index in [-0.39, 0.29) is 31.3 Å². The van der Waals surface area contributed by atoms with E-state index in [9.17, 15) is 24.3 Å². The highest BCUT2D eigenvalue weighted by Crippen LogP contribution is 2.36. The average Bonchev–Trinajstić information content (AvgIpc) is 2.84. The summed E-state index contributed by atoms with van der Waals surface area (Å²) in [5.74, 6) is -3.69. The Morgan fingerprint density at radius 2 is 1.44 bits per heavy atom. The van der Waals surface area contributed by atoms with E-state index in [0.29, 0.717) is 11.1 Å². The van der Waals surface area contributed by atoms with E-state index in [0.717, 1.165) is 0 Å². The Morgan fingerprint density at radius 1 is 0.861 bits per heavy atom. The summed E-state index contributed by atoms with van der Waals surface area (Å²) in [5.41, 5.74) is 6.67. The molecule has 0 aliphatic carbocycles. The highest BCUT2D eigenvalue weighted by Gasteiger charge is 2.33. The van der Waals surface area contributed by atoms with Crippen LogP contribution in [0.3, 0.4) is 0 Å². The fourth-order valence-electron chi connectivity index (χ4n) is 3.38. The zero-order valence-corrected chi connectivity index (χ0v) is 20.2. The lowest BCUT2D eigenvalue weighted by Crippen LogP contribution is -2.40. The van der Waals surface area contributed by atoms with Gasteiger partial charge in [0.25, 0.3) is 0 Å². The fraction of sp³-hybridized carbons (Fsp3) is 0.360. The summed E-state index contributed by atoms with van der Waals surface area (Å²) in [4.78, 5) is 47.9. The van der Waals surface area contributed by atoms with Crippen molar-refractivity contribution in [2.24, 2.45) is 11.7 Å². The number of carboxylic acid groups (broad SMARTS) is 1. The van der Waals surface area contributed by atoms with Crippen LogP contribution < -0.4 is 15.2 Å². The maximum atomic E-state index is 12.3. The predicted octanol–water partition coefficient (Wildman–Crippen LogP) is 3.75. The van der Waals surface area contributed by atoms with Crippen LogP contribution in [-0.4, -0.2) is 55.2 Å².